The molecule has 0 saturated carbocycles. The van der Waals surface area contributed by atoms with E-state index in [0.717, 1.165) is 5.56 Å². The zero-order valence-corrected chi connectivity index (χ0v) is 16.9. The topological polar surface area (TPSA) is 88.8 Å². The standard InChI is InChI=1S/C20H22N4O4S/c1-27-17-7-9-18(10-8-17)29(25,26)24-13-11-23(12-14-24)15-19-21-22-20(28-19)16-5-3-2-4-6-16/h2-10H,11-15H2,1H3. The number of benzene rings is 2. The maximum absolute atomic E-state index is 12.8. The molecule has 0 amide bonds. The van der Waals surface area contributed by atoms with Crippen LogP contribution in [0.25, 0.3) is 11.5 Å². The molecule has 1 fully saturated rings. The number of aromatic nitrogens is 2. The lowest BCUT2D eigenvalue weighted by atomic mass is 10.2. The second kappa shape index (κ2) is 8.32. The van der Waals surface area contributed by atoms with Gasteiger partial charge < -0.3 is 9.15 Å². The van der Waals surface area contributed by atoms with Crippen molar-refractivity contribution in [2.24, 2.45) is 0 Å². The Bertz CT molecular complexity index is 1040. The lowest BCUT2D eigenvalue weighted by Crippen LogP contribution is -2.48. The Hall–Kier alpha value is -2.75. The fourth-order valence-corrected chi connectivity index (χ4v) is 4.65. The van der Waals surface area contributed by atoms with E-state index < -0.39 is 10.0 Å². The summed E-state index contributed by atoms with van der Waals surface area (Å²) in [7, 11) is -1.96. The second-order valence-electron chi connectivity index (χ2n) is 6.72. The van der Waals surface area contributed by atoms with Gasteiger partial charge in [-0.15, -0.1) is 10.2 Å². The molecule has 8 nitrogen and oxygen atoms in total. The molecule has 0 bridgehead atoms. The lowest BCUT2D eigenvalue weighted by Gasteiger charge is -2.33. The maximum Gasteiger partial charge on any atom is 0.247 e. The van der Waals surface area contributed by atoms with E-state index in [1.165, 1.54) is 4.31 Å². The first kappa shape index (κ1) is 19.6. The van der Waals surface area contributed by atoms with Crippen molar-refractivity contribution < 1.29 is 17.6 Å². The van der Waals surface area contributed by atoms with E-state index in [2.05, 4.69) is 15.1 Å². The molecule has 29 heavy (non-hydrogen) atoms. The van der Waals surface area contributed by atoms with Crippen molar-refractivity contribution in [3.8, 4) is 17.2 Å². The normalized spacial score (nSPS) is 16.0. The van der Waals surface area contributed by atoms with Crippen LogP contribution in [0.4, 0.5) is 0 Å². The molecule has 1 aliphatic rings. The Morgan fingerprint density at radius 3 is 2.31 bits per heavy atom. The summed E-state index contributed by atoms with van der Waals surface area (Å²) in [6.45, 7) is 2.51. The SMILES string of the molecule is COc1ccc(S(=O)(=O)N2CCN(Cc3nnc(-c4ccccc4)o3)CC2)cc1. The van der Waals surface area contributed by atoms with Gasteiger partial charge in [-0.1, -0.05) is 18.2 Å². The van der Waals surface area contributed by atoms with Crippen molar-refractivity contribution in [3.63, 3.8) is 0 Å². The molecule has 2 heterocycles. The highest BCUT2D eigenvalue weighted by atomic mass is 32.2. The van der Waals surface area contributed by atoms with Crippen LogP contribution >= 0.6 is 0 Å². The van der Waals surface area contributed by atoms with Crippen molar-refractivity contribution in [2.45, 2.75) is 11.4 Å². The molecule has 9 heteroatoms. The van der Waals surface area contributed by atoms with Crippen LogP contribution in [0.2, 0.25) is 0 Å². The van der Waals surface area contributed by atoms with E-state index in [-0.39, 0.29) is 4.90 Å². The first-order chi connectivity index (χ1) is 14.1. The van der Waals surface area contributed by atoms with E-state index in [1.54, 1.807) is 31.4 Å². The van der Waals surface area contributed by atoms with Gasteiger partial charge in [-0.05, 0) is 36.4 Å². The highest BCUT2D eigenvalue weighted by molar-refractivity contribution is 7.89. The first-order valence-corrected chi connectivity index (χ1v) is 10.7. The summed E-state index contributed by atoms with van der Waals surface area (Å²) in [5, 5.41) is 8.22. The molecule has 0 N–H and O–H groups in total. The summed E-state index contributed by atoms with van der Waals surface area (Å²) in [5.74, 6) is 1.64. The molecule has 2 aromatic carbocycles. The largest absolute Gasteiger partial charge is 0.497 e. The van der Waals surface area contributed by atoms with Gasteiger partial charge in [0.1, 0.15) is 5.75 Å². The smallest absolute Gasteiger partial charge is 0.247 e. The molecule has 3 aromatic rings. The van der Waals surface area contributed by atoms with Crippen LogP contribution in [0.3, 0.4) is 0 Å². The van der Waals surface area contributed by atoms with Gasteiger partial charge in [0.25, 0.3) is 0 Å². The first-order valence-electron chi connectivity index (χ1n) is 9.30. The number of hydrogen-bond donors (Lipinski definition) is 0. The third-order valence-corrected chi connectivity index (χ3v) is 6.79. The molecule has 4 rings (SSSR count). The molecule has 152 valence electrons. The van der Waals surface area contributed by atoms with E-state index in [1.807, 2.05) is 30.3 Å². The van der Waals surface area contributed by atoms with Crippen LogP contribution in [0.1, 0.15) is 5.89 Å². The molecule has 1 aliphatic heterocycles. The van der Waals surface area contributed by atoms with Crippen molar-refractivity contribution in [1.29, 1.82) is 0 Å². The number of nitrogens with zero attached hydrogens (tertiary/aromatic N) is 4. The number of sulfonamides is 1. The Morgan fingerprint density at radius 1 is 0.966 bits per heavy atom. The number of rotatable bonds is 6. The van der Waals surface area contributed by atoms with Gasteiger partial charge in [0, 0.05) is 31.7 Å². The molecule has 1 saturated heterocycles. The van der Waals surface area contributed by atoms with E-state index >= 15 is 0 Å². The predicted molar refractivity (Wildman–Crippen MR) is 107 cm³/mol. The van der Waals surface area contributed by atoms with Crippen LogP contribution in [0, 0.1) is 0 Å². The minimum Gasteiger partial charge on any atom is -0.497 e. The van der Waals surface area contributed by atoms with Gasteiger partial charge >= 0.3 is 0 Å². The van der Waals surface area contributed by atoms with Crippen LogP contribution in [-0.4, -0.2) is 61.1 Å². The Kier molecular flexibility index (Phi) is 5.61. The fraction of sp³-hybridized carbons (Fsp3) is 0.300. The molecule has 0 spiro atoms. The van der Waals surface area contributed by atoms with Crippen LogP contribution in [0.15, 0.2) is 63.9 Å². The number of hydrogen-bond acceptors (Lipinski definition) is 7. The molecular weight excluding hydrogens is 392 g/mol. The molecule has 0 unspecified atom stereocenters. The van der Waals surface area contributed by atoms with Gasteiger partial charge in [-0.25, -0.2) is 8.42 Å². The lowest BCUT2D eigenvalue weighted by molar-refractivity contribution is 0.168. The molecule has 1 aromatic heterocycles. The molecule has 0 radical (unpaired) electrons. The molecule has 0 aliphatic carbocycles. The van der Waals surface area contributed by atoms with E-state index in [9.17, 15) is 8.42 Å². The average molecular weight is 414 g/mol. The predicted octanol–water partition coefficient (Wildman–Crippen LogP) is 2.25. The number of piperazine rings is 1. The van der Waals surface area contributed by atoms with Gasteiger partial charge in [0.15, 0.2) is 0 Å². The zero-order valence-electron chi connectivity index (χ0n) is 16.1. The summed E-state index contributed by atoms with van der Waals surface area (Å²) in [4.78, 5) is 2.39. The van der Waals surface area contributed by atoms with Crippen molar-refractivity contribution in [2.75, 3.05) is 33.3 Å². The highest BCUT2D eigenvalue weighted by Gasteiger charge is 2.29. The Balaban J connectivity index is 1.36. The summed E-state index contributed by atoms with van der Waals surface area (Å²) < 4.78 is 38.0. The molecular formula is C20H22N4O4S. The van der Waals surface area contributed by atoms with Crippen LogP contribution in [0.5, 0.6) is 5.75 Å². The summed E-state index contributed by atoms with van der Waals surface area (Å²) >= 11 is 0. The Labute approximate surface area is 169 Å². The number of methoxy groups -OCH3 is 1. The van der Waals surface area contributed by atoms with Crippen LogP contribution in [-0.2, 0) is 16.6 Å². The maximum atomic E-state index is 12.8. The number of ether oxygens (including phenoxy) is 1. The highest BCUT2D eigenvalue weighted by Crippen LogP contribution is 2.22. The molecule has 0 atom stereocenters. The van der Waals surface area contributed by atoms with Crippen molar-refractivity contribution in [3.05, 3.63) is 60.5 Å². The van der Waals surface area contributed by atoms with Gasteiger partial charge in [-0.3, -0.25) is 4.90 Å². The third kappa shape index (κ3) is 4.31. The minimum absolute atomic E-state index is 0.274. The fourth-order valence-electron chi connectivity index (χ4n) is 3.23. The minimum atomic E-state index is -3.52. The third-order valence-electron chi connectivity index (χ3n) is 4.87. The average Bonchev–Trinajstić information content (AvgIpc) is 3.23. The summed E-state index contributed by atoms with van der Waals surface area (Å²) in [6.07, 6.45) is 0. The zero-order chi connectivity index (χ0) is 20.3. The second-order valence-corrected chi connectivity index (χ2v) is 8.66. The summed E-state index contributed by atoms with van der Waals surface area (Å²) in [5.41, 5.74) is 0.877. The van der Waals surface area contributed by atoms with Gasteiger partial charge in [0.2, 0.25) is 21.8 Å². The Morgan fingerprint density at radius 2 is 1.66 bits per heavy atom. The van der Waals surface area contributed by atoms with Crippen molar-refractivity contribution in [1.82, 2.24) is 19.4 Å². The van der Waals surface area contributed by atoms with Gasteiger partial charge in [0.05, 0.1) is 18.6 Å². The monoisotopic (exact) mass is 414 g/mol. The van der Waals surface area contributed by atoms with Crippen molar-refractivity contribution >= 4 is 10.0 Å². The van der Waals surface area contributed by atoms with E-state index in [0.29, 0.717) is 50.3 Å². The quantitative estimate of drug-likeness (QED) is 0.611. The van der Waals surface area contributed by atoms with Crippen LogP contribution < -0.4 is 4.74 Å². The van der Waals surface area contributed by atoms with Gasteiger partial charge in [-0.2, -0.15) is 4.31 Å². The summed E-state index contributed by atoms with van der Waals surface area (Å²) in [6, 6.07) is 16.1. The van der Waals surface area contributed by atoms with E-state index in [4.69, 9.17) is 9.15 Å².